The summed E-state index contributed by atoms with van der Waals surface area (Å²) in [5.41, 5.74) is 0. The Morgan fingerprint density at radius 1 is 1.25 bits per heavy atom. The first-order chi connectivity index (χ1) is 5.77. The van der Waals surface area contributed by atoms with E-state index < -0.39 is 0 Å². The Hall–Kier alpha value is -0.480. The zero-order valence-corrected chi connectivity index (χ0v) is 8.61. The van der Waals surface area contributed by atoms with E-state index in [1.165, 1.54) is 12.8 Å². The summed E-state index contributed by atoms with van der Waals surface area (Å²) in [6.45, 7) is 8.56. The number of rotatable bonds is 5. The van der Waals surface area contributed by atoms with Crippen LogP contribution in [0.25, 0.3) is 0 Å². The van der Waals surface area contributed by atoms with Crippen LogP contribution in [0.2, 0.25) is 0 Å². The number of hydrogen-bond acceptors (Lipinski definition) is 1. The minimum Gasteiger partial charge on any atom is -0.306 e. The van der Waals surface area contributed by atoms with E-state index in [0.29, 0.717) is 0 Å². The van der Waals surface area contributed by atoms with Gasteiger partial charge in [-0.1, -0.05) is 26.7 Å². The maximum absolute atomic E-state index is 3.30. The molecule has 0 amide bonds. The molecule has 0 aromatic rings. The third kappa shape index (κ3) is 9.52. The van der Waals surface area contributed by atoms with E-state index in [4.69, 9.17) is 0 Å². The summed E-state index contributed by atoms with van der Waals surface area (Å²) < 4.78 is 0. The van der Waals surface area contributed by atoms with Gasteiger partial charge >= 0.3 is 0 Å². The van der Waals surface area contributed by atoms with Crippen molar-refractivity contribution in [3.8, 4) is 11.8 Å². The Balaban J connectivity index is 3.01. The standard InChI is InChI=1S/C11H21N/c1-4-5-6-9-12-10-7-8-11(2)3/h11-12H,4,7-10H2,1-3H3. The van der Waals surface area contributed by atoms with Crippen LogP contribution < -0.4 is 5.32 Å². The lowest BCUT2D eigenvalue weighted by Gasteiger charge is -2.03. The molecular formula is C11H21N. The van der Waals surface area contributed by atoms with Crippen LogP contribution in [0.1, 0.15) is 40.0 Å². The van der Waals surface area contributed by atoms with E-state index in [1.807, 2.05) is 0 Å². The van der Waals surface area contributed by atoms with Gasteiger partial charge in [0.05, 0.1) is 6.54 Å². The predicted molar refractivity (Wildman–Crippen MR) is 55.0 cm³/mol. The van der Waals surface area contributed by atoms with Crippen molar-refractivity contribution in [1.82, 2.24) is 5.32 Å². The summed E-state index contributed by atoms with van der Waals surface area (Å²) >= 11 is 0. The van der Waals surface area contributed by atoms with Gasteiger partial charge in [0.1, 0.15) is 0 Å². The first kappa shape index (κ1) is 11.5. The third-order valence-electron chi connectivity index (χ3n) is 1.65. The Morgan fingerprint density at radius 2 is 2.00 bits per heavy atom. The summed E-state index contributed by atoms with van der Waals surface area (Å²) in [6.07, 6.45) is 3.55. The van der Waals surface area contributed by atoms with Crippen LogP contribution in [0.4, 0.5) is 0 Å². The van der Waals surface area contributed by atoms with Gasteiger partial charge in [0, 0.05) is 6.42 Å². The monoisotopic (exact) mass is 167 g/mol. The quantitative estimate of drug-likeness (QED) is 0.490. The molecule has 1 N–H and O–H groups in total. The molecule has 0 saturated heterocycles. The highest BCUT2D eigenvalue weighted by Gasteiger charge is 1.91. The largest absolute Gasteiger partial charge is 0.306 e. The summed E-state index contributed by atoms with van der Waals surface area (Å²) in [7, 11) is 0. The molecule has 0 aliphatic carbocycles. The highest BCUT2D eigenvalue weighted by atomic mass is 14.8. The Kier molecular flexibility index (Phi) is 8.27. The van der Waals surface area contributed by atoms with Crippen LogP contribution in [0, 0.1) is 17.8 Å². The zero-order valence-electron chi connectivity index (χ0n) is 8.61. The lowest BCUT2D eigenvalue weighted by Crippen LogP contribution is -2.15. The second-order valence-corrected chi connectivity index (χ2v) is 3.42. The van der Waals surface area contributed by atoms with E-state index in [-0.39, 0.29) is 0 Å². The van der Waals surface area contributed by atoms with Crippen LogP contribution in [-0.4, -0.2) is 13.1 Å². The second-order valence-electron chi connectivity index (χ2n) is 3.42. The van der Waals surface area contributed by atoms with Gasteiger partial charge in [0.25, 0.3) is 0 Å². The predicted octanol–water partition coefficient (Wildman–Crippen LogP) is 2.43. The van der Waals surface area contributed by atoms with Gasteiger partial charge in [0.2, 0.25) is 0 Å². The van der Waals surface area contributed by atoms with Crippen molar-refractivity contribution in [1.29, 1.82) is 0 Å². The molecular weight excluding hydrogens is 146 g/mol. The van der Waals surface area contributed by atoms with Crippen LogP contribution in [-0.2, 0) is 0 Å². The maximum Gasteiger partial charge on any atom is 0.0576 e. The minimum absolute atomic E-state index is 0.827. The smallest absolute Gasteiger partial charge is 0.0576 e. The van der Waals surface area contributed by atoms with Crippen molar-refractivity contribution < 1.29 is 0 Å². The molecule has 0 spiro atoms. The van der Waals surface area contributed by atoms with Crippen molar-refractivity contribution in [3.05, 3.63) is 0 Å². The summed E-state index contributed by atoms with van der Waals surface area (Å²) in [5.74, 6) is 6.92. The van der Waals surface area contributed by atoms with Gasteiger partial charge in [-0.2, -0.15) is 0 Å². The fraction of sp³-hybridized carbons (Fsp3) is 0.818. The molecule has 0 bridgehead atoms. The maximum atomic E-state index is 3.30. The summed E-state index contributed by atoms with van der Waals surface area (Å²) in [4.78, 5) is 0. The molecule has 1 heteroatoms. The molecule has 12 heavy (non-hydrogen) atoms. The third-order valence-corrected chi connectivity index (χ3v) is 1.65. The second kappa shape index (κ2) is 8.62. The van der Waals surface area contributed by atoms with E-state index >= 15 is 0 Å². The first-order valence-corrected chi connectivity index (χ1v) is 4.93. The summed E-state index contributed by atoms with van der Waals surface area (Å²) in [6, 6.07) is 0. The molecule has 0 saturated carbocycles. The molecule has 0 aliphatic rings. The molecule has 0 fully saturated rings. The van der Waals surface area contributed by atoms with Gasteiger partial charge < -0.3 is 5.32 Å². The zero-order chi connectivity index (χ0) is 9.23. The molecule has 1 nitrogen and oxygen atoms in total. The van der Waals surface area contributed by atoms with E-state index in [1.54, 1.807) is 0 Å². The highest BCUT2D eigenvalue weighted by molar-refractivity contribution is 4.99. The minimum atomic E-state index is 0.827. The van der Waals surface area contributed by atoms with Crippen LogP contribution in [0.15, 0.2) is 0 Å². The molecule has 0 atom stereocenters. The van der Waals surface area contributed by atoms with Crippen LogP contribution in [0.5, 0.6) is 0 Å². The molecule has 0 heterocycles. The highest BCUT2D eigenvalue weighted by Crippen LogP contribution is 2.01. The molecule has 0 aliphatic heterocycles. The SMILES string of the molecule is CCC#CCNCCCC(C)C. The van der Waals surface area contributed by atoms with Crippen molar-refractivity contribution in [3.63, 3.8) is 0 Å². The van der Waals surface area contributed by atoms with Crippen LogP contribution in [0.3, 0.4) is 0 Å². The molecule has 0 aromatic carbocycles. The molecule has 0 rings (SSSR count). The first-order valence-electron chi connectivity index (χ1n) is 4.93. The van der Waals surface area contributed by atoms with Crippen molar-refractivity contribution in [2.75, 3.05) is 13.1 Å². The Bertz CT molecular complexity index is 139. The Morgan fingerprint density at radius 3 is 2.58 bits per heavy atom. The van der Waals surface area contributed by atoms with Gasteiger partial charge in [-0.15, -0.1) is 5.92 Å². The van der Waals surface area contributed by atoms with E-state index in [0.717, 1.165) is 25.4 Å². The number of hydrogen-bond donors (Lipinski definition) is 1. The topological polar surface area (TPSA) is 12.0 Å². The van der Waals surface area contributed by atoms with E-state index in [9.17, 15) is 0 Å². The van der Waals surface area contributed by atoms with Crippen LogP contribution >= 0.6 is 0 Å². The van der Waals surface area contributed by atoms with E-state index in [2.05, 4.69) is 37.9 Å². The molecule has 0 aromatic heterocycles. The lowest BCUT2D eigenvalue weighted by atomic mass is 10.1. The van der Waals surface area contributed by atoms with Gasteiger partial charge in [-0.05, 0) is 25.3 Å². The fourth-order valence-corrected chi connectivity index (χ4v) is 0.974. The normalized spacial score (nSPS) is 9.67. The average Bonchev–Trinajstić information content (AvgIpc) is 2.02. The molecule has 0 unspecified atom stereocenters. The molecule has 70 valence electrons. The molecule has 0 radical (unpaired) electrons. The summed E-state index contributed by atoms with van der Waals surface area (Å²) in [5, 5.41) is 3.30. The van der Waals surface area contributed by atoms with Gasteiger partial charge in [0.15, 0.2) is 0 Å². The lowest BCUT2D eigenvalue weighted by molar-refractivity contribution is 0.538. The van der Waals surface area contributed by atoms with Gasteiger partial charge in [-0.3, -0.25) is 0 Å². The van der Waals surface area contributed by atoms with Crippen molar-refractivity contribution in [2.45, 2.75) is 40.0 Å². The average molecular weight is 167 g/mol. The van der Waals surface area contributed by atoms with Gasteiger partial charge in [-0.25, -0.2) is 0 Å². The fourth-order valence-electron chi connectivity index (χ4n) is 0.974. The van der Waals surface area contributed by atoms with Crippen molar-refractivity contribution >= 4 is 0 Å². The van der Waals surface area contributed by atoms with Crippen molar-refractivity contribution in [2.24, 2.45) is 5.92 Å². The Labute approximate surface area is 76.9 Å². The number of nitrogens with one attached hydrogen (secondary N) is 1.